The van der Waals surface area contributed by atoms with Crippen LogP contribution in [-0.2, 0) is 110 Å². The Kier molecular flexibility index (Phi) is 27.4. The Morgan fingerprint density at radius 2 is 0.779 bits per heavy atom. The van der Waals surface area contributed by atoms with Crippen LogP contribution in [0, 0.1) is 0 Å². The molecular weight excluding hydrogens is 1390 g/mol. The van der Waals surface area contributed by atoms with Crippen LogP contribution in [0.3, 0.4) is 0 Å². The fourth-order valence-electron chi connectivity index (χ4n) is 11.5. The number of anilines is 2. The summed E-state index contributed by atoms with van der Waals surface area (Å²) in [7, 11) is -0.206. The number of benzene rings is 7. The summed E-state index contributed by atoms with van der Waals surface area (Å²) in [5.41, 5.74) is 9.62. The first kappa shape index (κ1) is 77.7. The van der Waals surface area contributed by atoms with E-state index in [9.17, 15) is 40.8 Å². The minimum absolute atomic E-state index is 0.105. The van der Waals surface area contributed by atoms with Gasteiger partial charge < -0.3 is 57.6 Å². The maximum atomic E-state index is 13.9. The second-order valence-electron chi connectivity index (χ2n) is 24.1. The fourth-order valence-corrected chi connectivity index (χ4v) is 12.2. The van der Waals surface area contributed by atoms with Gasteiger partial charge in [-0.05, 0) is 131 Å². The number of fused-ring (bicyclic) bond motifs is 8. The number of aliphatic hydroxyl groups excluding tert-OH is 2. The Bertz CT molecular complexity index is 4310. The van der Waals surface area contributed by atoms with Crippen molar-refractivity contribution in [2.45, 2.75) is 103 Å². The zero-order chi connectivity index (χ0) is 74.5. The van der Waals surface area contributed by atoms with Gasteiger partial charge in [-0.1, -0.05) is 48.5 Å². The van der Waals surface area contributed by atoms with E-state index in [0.29, 0.717) is 130 Å². The molecule has 2 N–H and O–H groups in total. The zero-order valence-electron chi connectivity index (χ0n) is 58.5. The van der Waals surface area contributed by atoms with Crippen LogP contribution in [-0.4, -0.2) is 149 Å². The number of nitrogens with zero attached hydrogens (tertiary/aromatic N) is 4. The van der Waals surface area contributed by atoms with Gasteiger partial charge in [-0.25, -0.2) is 0 Å². The number of aliphatic hydroxyl groups is 2. The Balaban J connectivity index is 0.000000234. The molecule has 552 valence electrons. The number of hydrogen-bond acceptors (Lipinski definition) is 25. The van der Waals surface area contributed by atoms with Crippen molar-refractivity contribution >= 4 is 85.1 Å². The second-order valence-corrected chi connectivity index (χ2v) is 27.4. The average Bonchev–Trinajstić information content (AvgIpc) is 1.60. The summed E-state index contributed by atoms with van der Waals surface area (Å²) in [6.45, 7) is 0.432. The van der Waals surface area contributed by atoms with Crippen molar-refractivity contribution in [3.05, 3.63) is 183 Å². The summed E-state index contributed by atoms with van der Waals surface area (Å²) in [5, 5.41) is 18.1. The molecule has 2 amide bonds. The summed E-state index contributed by atoms with van der Waals surface area (Å²) < 4.78 is 109. The molecule has 4 aliphatic rings. The lowest BCUT2D eigenvalue weighted by atomic mass is 10.1. The third kappa shape index (κ3) is 21.6. The van der Waals surface area contributed by atoms with Crippen molar-refractivity contribution < 1.29 is 107 Å². The Labute approximate surface area is 603 Å². The third-order valence-corrected chi connectivity index (χ3v) is 17.5. The molecule has 11 rings (SSSR count). The van der Waals surface area contributed by atoms with Gasteiger partial charge in [-0.2, -0.15) is 16.8 Å². The Morgan fingerprint density at radius 3 is 1.12 bits per heavy atom. The van der Waals surface area contributed by atoms with E-state index in [4.69, 9.17) is 66.5 Å². The molecule has 0 unspecified atom stereocenters. The normalized spacial score (nSPS) is 14.4. The predicted molar refractivity (Wildman–Crippen MR) is 383 cm³/mol. The summed E-state index contributed by atoms with van der Waals surface area (Å²) in [5.74, 6) is 1.88. The molecule has 4 heterocycles. The first-order valence-electron chi connectivity index (χ1n) is 33.0. The van der Waals surface area contributed by atoms with E-state index in [1.807, 2.05) is 79.2 Å². The van der Waals surface area contributed by atoms with Gasteiger partial charge in [0.1, 0.15) is 30.5 Å². The molecular formula is C75H82N4O23S2. The van der Waals surface area contributed by atoms with Crippen LogP contribution in [0.4, 0.5) is 22.7 Å². The molecule has 2 atom stereocenters. The first-order valence-corrected chi connectivity index (χ1v) is 36.6. The smallest absolute Gasteiger partial charge is 0.305 e. The van der Waals surface area contributed by atoms with E-state index in [0.717, 1.165) is 46.1 Å². The largest absolute Gasteiger partial charge is 0.494 e. The lowest BCUT2D eigenvalue weighted by Crippen LogP contribution is -2.37. The van der Waals surface area contributed by atoms with E-state index in [1.165, 1.54) is 35.5 Å². The molecule has 0 aromatic heterocycles. The van der Waals surface area contributed by atoms with Crippen molar-refractivity contribution in [2.75, 3.05) is 77.7 Å². The van der Waals surface area contributed by atoms with Crippen LogP contribution in [0.25, 0.3) is 0 Å². The summed E-state index contributed by atoms with van der Waals surface area (Å²) >= 11 is 0. The summed E-state index contributed by atoms with van der Waals surface area (Å²) in [6.07, 6.45) is 9.03. The lowest BCUT2D eigenvalue weighted by molar-refractivity contribution is -0.141. The highest BCUT2D eigenvalue weighted by Gasteiger charge is 2.38. The van der Waals surface area contributed by atoms with Crippen molar-refractivity contribution in [3.63, 3.8) is 0 Å². The minimum atomic E-state index is -3.64. The van der Waals surface area contributed by atoms with Crippen LogP contribution in [0.15, 0.2) is 137 Å². The van der Waals surface area contributed by atoms with E-state index in [2.05, 4.69) is 9.47 Å². The molecule has 4 aliphatic heterocycles. The molecule has 0 spiro atoms. The van der Waals surface area contributed by atoms with E-state index in [1.54, 1.807) is 70.5 Å². The quantitative estimate of drug-likeness (QED) is 0.0177. The molecule has 0 fully saturated rings. The Hall–Kier alpha value is -10.4. The number of aliphatic imine (C=N–C) groups is 2. The molecule has 27 nitrogen and oxygen atoms in total. The molecule has 7 aromatic carbocycles. The third-order valence-electron chi connectivity index (χ3n) is 16.4. The van der Waals surface area contributed by atoms with Crippen LogP contribution in [0.1, 0.15) is 104 Å². The molecule has 0 saturated heterocycles. The fraction of sp³-hybridized carbons (Fsp3) is 0.347. The van der Waals surface area contributed by atoms with Gasteiger partial charge in [-0.15, -0.1) is 0 Å². The maximum Gasteiger partial charge on any atom is 0.305 e. The van der Waals surface area contributed by atoms with Crippen molar-refractivity contribution in [1.29, 1.82) is 0 Å². The molecule has 0 saturated carbocycles. The van der Waals surface area contributed by atoms with Crippen LogP contribution >= 0.6 is 0 Å². The summed E-state index contributed by atoms with van der Waals surface area (Å²) in [6, 6.07) is 37.7. The summed E-state index contributed by atoms with van der Waals surface area (Å²) in [4.78, 5) is 74.6. The van der Waals surface area contributed by atoms with Crippen molar-refractivity contribution in [3.8, 4) is 40.2 Å². The van der Waals surface area contributed by atoms with Crippen molar-refractivity contribution in [1.82, 2.24) is 0 Å². The van der Waals surface area contributed by atoms with Gasteiger partial charge in [0.05, 0.1) is 129 Å². The topological polar surface area (TPSA) is 336 Å². The molecule has 0 bridgehead atoms. The Morgan fingerprint density at radius 1 is 0.442 bits per heavy atom. The number of para-hydroxylation sites is 2. The monoisotopic (exact) mass is 1470 g/mol. The zero-order valence-corrected chi connectivity index (χ0v) is 60.2. The minimum Gasteiger partial charge on any atom is -0.494 e. The molecule has 0 aliphatic carbocycles. The SMILES string of the molecule is COC(=O)CCCOc1cc(CO)cc(CO)c1.COC(=O)CCCOc1cc(COS(C)(=O)=O)cc(COS(C)(=O)=O)c1.COC(=O)CCCOc1cc(COc2cc3c(cc2OC)C(=O)N2c4ccccc4C[C@H]2C=N3)cc(COc2cc3c(cc2OC)C(=O)N2c4ccccc4C[C@H]2C=N3)c1. The number of rotatable bonds is 31. The van der Waals surface area contributed by atoms with E-state index in [-0.39, 0.29) is 108 Å². The van der Waals surface area contributed by atoms with E-state index >= 15 is 0 Å². The number of amides is 2. The first-order chi connectivity index (χ1) is 50.0. The van der Waals surface area contributed by atoms with Gasteiger partial charge in [0.2, 0.25) is 0 Å². The van der Waals surface area contributed by atoms with Crippen LogP contribution in [0.5, 0.6) is 40.2 Å². The standard InChI is InChI=1S/C47H42N4O9.C15H22O9S2.C13H18O5/c1-55-41-20-35-37(48-24-32-18-30-9-4-6-11-39(30)50(32)46(35)53)22-43(41)59-26-28-15-29(17-34(16-28)58-14-8-13-45(52)57-3)27-60-44-23-38-36(21-42(44)56-2)47(54)51-33(25-49-38)19-31-10-5-7-12-40(31)51;1-21-15(16)5-4-6-22-14-8-12(10-23-25(2,17)18)7-13(9-14)11-24-26(3,19)20;1-17-13(16)3-2-4-18-12-6-10(8-14)5-11(7-12)9-15/h4-7,9-12,15-17,20-25,32-33H,8,13-14,18-19,26-27H2,1-3H3;7-9H,4-6,10-11H2,1-3H3;5-7,14-15H,2-4,8-9H2,1H3/t32-,33-;;/m0../s1. The highest BCUT2D eigenvalue weighted by Crippen LogP contribution is 2.44. The predicted octanol–water partition coefficient (Wildman–Crippen LogP) is 9.74. The highest BCUT2D eigenvalue weighted by atomic mass is 32.2. The van der Waals surface area contributed by atoms with Gasteiger partial charge >= 0.3 is 17.9 Å². The number of esters is 3. The molecule has 0 radical (unpaired) electrons. The number of methoxy groups -OCH3 is 5. The molecule has 7 aromatic rings. The van der Waals surface area contributed by atoms with Gasteiger partial charge in [-0.3, -0.25) is 52.1 Å². The van der Waals surface area contributed by atoms with Gasteiger partial charge in [0, 0.05) is 68.0 Å². The maximum absolute atomic E-state index is 13.9. The van der Waals surface area contributed by atoms with Crippen molar-refractivity contribution in [2.24, 2.45) is 9.98 Å². The van der Waals surface area contributed by atoms with Gasteiger partial charge in [0.15, 0.2) is 23.0 Å². The second kappa shape index (κ2) is 36.6. The van der Waals surface area contributed by atoms with Crippen LogP contribution in [0.2, 0.25) is 0 Å². The molecule has 29 heteroatoms. The average molecular weight is 1470 g/mol. The lowest BCUT2D eigenvalue weighted by Gasteiger charge is -2.22. The number of carbonyl (C=O) groups excluding carboxylic acids is 5. The number of hydrogen-bond donors (Lipinski definition) is 2. The van der Waals surface area contributed by atoms with Gasteiger partial charge in [0.25, 0.3) is 32.1 Å². The molecule has 104 heavy (non-hydrogen) atoms. The number of ether oxygens (including phenoxy) is 10. The van der Waals surface area contributed by atoms with E-state index < -0.39 is 20.2 Å². The van der Waals surface area contributed by atoms with Crippen LogP contribution < -0.4 is 43.0 Å². The highest BCUT2D eigenvalue weighted by molar-refractivity contribution is 7.86. The number of carbonyl (C=O) groups is 5.